The Morgan fingerprint density at radius 1 is 1.26 bits per heavy atom. The molecular weight excluding hydrogens is 328 g/mol. The summed E-state index contributed by atoms with van der Waals surface area (Å²) in [6.07, 6.45) is 0.775. The first kappa shape index (κ1) is 14.1. The Hall–Kier alpha value is -1.32. The highest BCUT2D eigenvalue weighted by Crippen LogP contribution is 2.24. The zero-order chi connectivity index (χ0) is 13.8. The number of rotatable bonds is 4. The van der Waals surface area contributed by atoms with Crippen LogP contribution in [-0.2, 0) is 6.61 Å². The Morgan fingerprint density at radius 3 is 2.74 bits per heavy atom. The molecule has 0 N–H and O–H groups in total. The van der Waals surface area contributed by atoms with Crippen LogP contribution in [0.4, 0.5) is 0 Å². The zero-order valence-electron chi connectivity index (χ0n) is 10.3. The largest absolute Gasteiger partial charge is 0.488 e. The van der Waals surface area contributed by atoms with Gasteiger partial charge < -0.3 is 4.74 Å². The van der Waals surface area contributed by atoms with E-state index in [1.54, 1.807) is 12.1 Å². The van der Waals surface area contributed by atoms with Crippen molar-refractivity contribution in [3.63, 3.8) is 0 Å². The third-order valence-electron chi connectivity index (χ3n) is 2.69. The van der Waals surface area contributed by atoms with Crippen molar-refractivity contribution in [2.45, 2.75) is 13.5 Å². The number of hydrogen-bond acceptors (Lipinski definition) is 2. The molecule has 2 nitrogen and oxygen atoms in total. The summed E-state index contributed by atoms with van der Waals surface area (Å²) >= 11 is 9.45. The van der Waals surface area contributed by atoms with Crippen LogP contribution in [0.25, 0.3) is 0 Å². The van der Waals surface area contributed by atoms with E-state index in [0.29, 0.717) is 22.9 Å². The fraction of sp³-hybridized carbons (Fsp3) is 0.133. The standard InChI is InChI=1S/C15H12BrClO2/c1-10-2-3-11(14(17)6-10)9-19-15-5-4-13(16)7-12(15)8-18/h2-8H,9H2,1H3. The monoisotopic (exact) mass is 338 g/mol. The first-order chi connectivity index (χ1) is 9.10. The highest BCUT2D eigenvalue weighted by atomic mass is 79.9. The summed E-state index contributed by atoms with van der Waals surface area (Å²) in [6.45, 7) is 2.32. The van der Waals surface area contributed by atoms with Gasteiger partial charge in [-0.3, -0.25) is 4.79 Å². The van der Waals surface area contributed by atoms with E-state index in [0.717, 1.165) is 21.9 Å². The van der Waals surface area contributed by atoms with Gasteiger partial charge in [-0.2, -0.15) is 0 Å². The van der Waals surface area contributed by atoms with Gasteiger partial charge >= 0.3 is 0 Å². The molecule has 0 atom stereocenters. The molecule has 0 aromatic heterocycles. The summed E-state index contributed by atoms with van der Waals surface area (Å²) in [5.41, 5.74) is 2.51. The lowest BCUT2D eigenvalue weighted by atomic mass is 10.1. The SMILES string of the molecule is Cc1ccc(COc2ccc(Br)cc2C=O)c(Cl)c1. The number of aryl methyl sites for hydroxylation is 1. The first-order valence-electron chi connectivity index (χ1n) is 5.72. The third kappa shape index (κ3) is 3.58. The van der Waals surface area contributed by atoms with Crippen LogP contribution in [-0.4, -0.2) is 6.29 Å². The smallest absolute Gasteiger partial charge is 0.153 e. The van der Waals surface area contributed by atoms with Crippen molar-refractivity contribution >= 4 is 33.8 Å². The number of hydrogen-bond donors (Lipinski definition) is 0. The van der Waals surface area contributed by atoms with Crippen molar-refractivity contribution in [3.8, 4) is 5.75 Å². The average molecular weight is 340 g/mol. The van der Waals surface area contributed by atoms with E-state index in [1.807, 2.05) is 31.2 Å². The molecule has 4 heteroatoms. The van der Waals surface area contributed by atoms with Crippen molar-refractivity contribution in [1.82, 2.24) is 0 Å². The van der Waals surface area contributed by atoms with E-state index in [9.17, 15) is 4.79 Å². The fourth-order valence-electron chi connectivity index (χ4n) is 1.67. The summed E-state index contributed by atoms with van der Waals surface area (Å²) in [6, 6.07) is 11.1. The molecule has 2 aromatic rings. The van der Waals surface area contributed by atoms with E-state index in [2.05, 4.69) is 15.9 Å². The van der Waals surface area contributed by atoms with E-state index < -0.39 is 0 Å². The van der Waals surface area contributed by atoms with Gasteiger partial charge in [-0.25, -0.2) is 0 Å². The van der Waals surface area contributed by atoms with Crippen LogP contribution in [0.1, 0.15) is 21.5 Å². The number of carbonyl (C=O) groups excluding carboxylic acids is 1. The number of benzene rings is 2. The number of halogens is 2. The van der Waals surface area contributed by atoms with Gasteiger partial charge in [0.1, 0.15) is 12.4 Å². The minimum atomic E-state index is 0.335. The van der Waals surface area contributed by atoms with E-state index in [4.69, 9.17) is 16.3 Å². The lowest BCUT2D eigenvalue weighted by molar-refractivity contribution is 0.111. The molecule has 98 valence electrons. The van der Waals surface area contributed by atoms with E-state index in [1.165, 1.54) is 0 Å². The van der Waals surface area contributed by atoms with Crippen LogP contribution in [0.15, 0.2) is 40.9 Å². The van der Waals surface area contributed by atoms with Gasteiger partial charge in [-0.15, -0.1) is 0 Å². The molecule has 0 unspecified atom stereocenters. The van der Waals surface area contributed by atoms with Gasteiger partial charge in [0.2, 0.25) is 0 Å². The maximum absolute atomic E-state index is 11.0. The summed E-state index contributed by atoms with van der Waals surface area (Å²) < 4.78 is 6.50. The average Bonchev–Trinajstić information content (AvgIpc) is 2.39. The molecule has 0 saturated heterocycles. The molecule has 0 fully saturated rings. The normalized spacial score (nSPS) is 10.3. The lowest BCUT2D eigenvalue weighted by Crippen LogP contribution is -1.99. The Bertz CT molecular complexity index is 611. The van der Waals surface area contributed by atoms with Crippen LogP contribution < -0.4 is 4.74 Å². The number of ether oxygens (including phenoxy) is 1. The molecule has 2 aromatic carbocycles. The van der Waals surface area contributed by atoms with Gasteiger partial charge in [0, 0.05) is 15.1 Å². The predicted molar refractivity (Wildman–Crippen MR) is 80.1 cm³/mol. The summed E-state index contributed by atoms with van der Waals surface area (Å²) in [7, 11) is 0. The van der Waals surface area contributed by atoms with Crippen molar-refractivity contribution in [2.24, 2.45) is 0 Å². The molecule has 2 rings (SSSR count). The molecule has 0 spiro atoms. The van der Waals surface area contributed by atoms with Crippen molar-refractivity contribution < 1.29 is 9.53 Å². The fourth-order valence-corrected chi connectivity index (χ4v) is 2.34. The molecular formula is C15H12BrClO2. The van der Waals surface area contributed by atoms with Gasteiger partial charge in [-0.1, -0.05) is 39.7 Å². The van der Waals surface area contributed by atoms with Crippen molar-refractivity contribution in [3.05, 3.63) is 62.6 Å². The van der Waals surface area contributed by atoms with Gasteiger partial charge in [0.15, 0.2) is 6.29 Å². The minimum Gasteiger partial charge on any atom is -0.488 e. The second-order valence-corrected chi connectivity index (χ2v) is 5.51. The van der Waals surface area contributed by atoms with E-state index in [-0.39, 0.29) is 0 Å². The highest BCUT2D eigenvalue weighted by molar-refractivity contribution is 9.10. The maximum atomic E-state index is 11.0. The maximum Gasteiger partial charge on any atom is 0.153 e. The van der Waals surface area contributed by atoms with Gasteiger partial charge in [-0.05, 0) is 36.8 Å². The highest BCUT2D eigenvalue weighted by Gasteiger charge is 2.06. The summed E-state index contributed by atoms with van der Waals surface area (Å²) in [5, 5.41) is 0.671. The summed E-state index contributed by atoms with van der Waals surface area (Å²) in [5.74, 6) is 0.551. The molecule has 0 heterocycles. The predicted octanol–water partition coefficient (Wildman–Crippen LogP) is 4.80. The Labute approximate surface area is 125 Å². The van der Waals surface area contributed by atoms with Gasteiger partial charge in [0.05, 0.1) is 5.56 Å². The van der Waals surface area contributed by atoms with Crippen LogP contribution in [0.2, 0.25) is 5.02 Å². The molecule has 0 aliphatic rings. The number of aldehydes is 1. The first-order valence-corrected chi connectivity index (χ1v) is 6.90. The number of carbonyl (C=O) groups is 1. The zero-order valence-corrected chi connectivity index (χ0v) is 12.7. The van der Waals surface area contributed by atoms with Gasteiger partial charge in [0.25, 0.3) is 0 Å². The van der Waals surface area contributed by atoms with Crippen LogP contribution in [0, 0.1) is 6.92 Å². The molecule has 0 bridgehead atoms. The van der Waals surface area contributed by atoms with Crippen LogP contribution >= 0.6 is 27.5 Å². The minimum absolute atomic E-state index is 0.335. The molecule has 0 saturated carbocycles. The third-order valence-corrected chi connectivity index (χ3v) is 3.54. The second-order valence-electron chi connectivity index (χ2n) is 4.18. The molecule has 19 heavy (non-hydrogen) atoms. The molecule has 0 radical (unpaired) electrons. The Kier molecular flexibility index (Phi) is 4.61. The Morgan fingerprint density at radius 2 is 2.05 bits per heavy atom. The molecule has 0 aliphatic heterocycles. The van der Waals surface area contributed by atoms with Crippen molar-refractivity contribution in [2.75, 3.05) is 0 Å². The quantitative estimate of drug-likeness (QED) is 0.748. The molecule has 0 aliphatic carbocycles. The van der Waals surface area contributed by atoms with E-state index >= 15 is 0 Å². The Balaban J connectivity index is 2.16. The topological polar surface area (TPSA) is 26.3 Å². The van der Waals surface area contributed by atoms with Crippen LogP contribution in [0.5, 0.6) is 5.75 Å². The van der Waals surface area contributed by atoms with Crippen LogP contribution in [0.3, 0.4) is 0 Å². The van der Waals surface area contributed by atoms with Crippen molar-refractivity contribution in [1.29, 1.82) is 0 Å². The second kappa shape index (κ2) is 6.22. The molecule has 0 amide bonds. The summed E-state index contributed by atoms with van der Waals surface area (Å²) in [4.78, 5) is 11.0. The lowest BCUT2D eigenvalue weighted by Gasteiger charge is -2.10.